The van der Waals surface area contributed by atoms with Crippen molar-refractivity contribution in [3.8, 4) is 0 Å². The van der Waals surface area contributed by atoms with Gasteiger partial charge >= 0.3 is 0 Å². The van der Waals surface area contributed by atoms with Crippen LogP contribution in [0.3, 0.4) is 0 Å². The van der Waals surface area contributed by atoms with Gasteiger partial charge in [-0.1, -0.05) is 48.0 Å². The molecular weight excluding hydrogens is 239 g/mol. The summed E-state index contributed by atoms with van der Waals surface area (Å²) < 4.78 is 13.6. The molecule has 19 heavy (non-hydrogen) atoms. The molecule has 2 rings (SSSR count). The lowest BCUT2D eigenvalue weighted by molar-refractivity contribution is 0.0599. The lowest BCUT2D eigenvalue weighted by Gasteiger charge is -2.24. The van der Waals surface area contributed by atoms with Crippen molar-refractivity contribution in [2.75, 3.05) is 0 Å². The Bertz CT molecular complexity index is 561. The molecule has 1 N–H and O–H groups in total. The Hall–Kier alpha value is -1.67. The predicted octanol–water partition coefficient (Wildman–Crippen LogP) is 3.67. The largest absolute Gasteiger partial charge is 0.389 e. The first-order chi connectivity index (χ1) is 8.96. The Labute approximate surface area is 113 Å². The number of hydrogen-bond donors (Lipinski definition) is 1. The minimum absolute atomic E-state index is 0.257. The van der Waals surface area contributed by atoms with Crippen LogP contribution in [0.5, 0.6) is 0 Å². The molecule has 0 saturated carbocycles. The molecule has 1 nitrogen and oxygen atoms in total. The van der Waals surface area contributed by atoms with Crippen molar-refractivity contribution in [3.05, 3.63) is 71.0 Å². The van der Waals surface area contributed by atoms with Gasteiger partial charge < -0.3 is 5.11 Å². The maximum atomic E-state index is 13.6. The molecule has 0 heterocycles. The van der Waals surface area contributed by atoms with Gasteiger partial charge in [-0.2, -0.15) is 0 Å². The highest BCUT2D eigenvalue weighted by Gasteiger charge is 2.23. The topological polar surface area (TPSA) is 20.2 Å². The summed E-state index contributed by atoms with van der Waals surface area (Å²) in [5, 5.41) is 10.5. The zero-order valence-electron chi connectivity index (χ0n) is 11.4. The van der Waals surface area contributed by atoms with Crippen LogP contribution in [0.25, 0.3) is 0 Å². The third-order valence-corrected chi connectivity index (χ3v) is 3.20. The van der Waals surface area contributed by atoms with Crippen LogP contribution in [0, 0.1) is 12.7 Å². The highest BCUT2D eigenvalue weighted by atomic mass is 19.1. The number of halogens is 1. The number of aliphatic hydroxyl groups is 1. The van der Waals surface area contributed by atoms with E-state index in [2.05, 4.69) is 6.07 Å². The summed E-state index contributed by atoms with van der Waals surface area (Å²) in [6.45, 7) is 3.77. The third kappa shape index (κ3) is 3.90. The van der Waals surface area contributed by atoms with E-state index in [9.17, 15) is 9.50 Å². The molecule has 1 atom stereocenters. The summed E-state index contributed by atoms with van der Waals surface area (Å²) >= 11 is 0. The maximum absolute atomic E-state index is 13.6. The van der Waals surface area contributed by atoms with Gasteiger partial charge in [-0.15, -0.1) is 0 Å². The monoisotopic (exact) mass is 258 g/mol. The lowest BCUT2D eigenvalue weighted by Crippen LogP contribution is -2.30. The van der Waals surface area contributed by atoms with Crippen LogP contribution in [0.15, 0.2) is 48.5 Å². The molecule has 0 saturated heterocycles. The van der Waals surface area contributed by atoms with Gasteiger partial charge in [0.1, 0.15) is 5.82 Å². The van der Waals surface area contributed by atoms with E-state index >= 15 is 0 Å². The normalized spacial score (nSPS) is 14.1. The fourth-order valence-corrected chi connectivity index (χ4v) is 2.38. The van der Waals surface area contributed by atoms with Gasteiger partial charge in [0, 0.05) is 12.8 Å². The van der Waals surface area contributed by atoms with E-state index in [0.717, 1.165) is 5.56 Å². The maximum Gasteiger partial charge on any atom is 0.126 e. The minimum Gasteiger partial charge on any atom is -0.389 e. The van der Waals surface area contributed by atoms with E-state index in [4.69, 9.17) is 0 Å². The molecule has 2 heteroatoms. The number of benzene rings is 2. The molecule has 0 radical (unpaired) electrons. The zero-order valence-corrected chi connectivity index (χ0v) is 11.4. The van der Waals surface area contributed by atoms with Gasteiger partial charge in [-0.3, -0.25) is 0 Å². The fraction of sp³-hybridized carbons (Fsp3) is 0.294. The third-order valence-electron chi connectivity index (χ3n) is 3.20. The van der Waals surface area contributed by atoms with Crippen LogP contribution in [-0.2, 0) is 12.8 Å². The Morgan fingerprint density at radius 1 is 1.05 bits per heavy atom. The summed E-state index contributed by atoms with van der Waals surface area (Å²) in [4.78, 5) is 0. The molecule has 0 aromatic heterocycles. The fourth-order valence-electron chi connectivity index (χ4n) is 2.38. The number of aryl methyl sites for hydroxylation is 1. The van der Waals surface area contributed by atoms with Crippen molar-refractivity contribution in [2.45, 2.75) is 32.3 Å². The van der Waals surface area contributed by atoms with Crippen LogP contribution in [0.4, 0.5) is 4.39 Å². The molecule has 2 aromatic rings. The Morgan fingerprint density at radius 2 is 1.79 bits per heavy atom. The molecule has 0 spiro atoms. The summed E-state index contributed by atoms with van der Waals surface area (Å²) in [6, 6.07) is 14.6. The zero-order chi connectivity index (χ0) is 13.9. The highest BCUT2D eigenvalue weighted by Crippen LogP contribution is 2.21. The molecule has 0 fully saturated rings. The molecule has 0 aliphatic carbocycles. The van der Waals surface area contributed by atoms with E-state index < -0.39 is 5.60 Å². The SMILES string of the molecule is Cc1cccc(CC(C)(O)Cc2ccccc2F)c1. The summed E-state index contributed by atoms with van der Waals surface area (Å²) in [5.74, 6) is -0.257. The van der Waals surface area contributed by atoms with Crippen LogP contribution < -0.4 is 0 Å². The molecule has 100 valence electrons. The van der Waals surface area contributed by atoms with E-state index in [1.807, 2.05) is 25.1 Å². The van der Waals surface area contributed by atoms with Gasteiger partial charge in [0.2, 0.25) is 0 Å². The number of hydrogen-bond acceptors (Lipinski definition) is 1. The van der Waals surface area contributed by atoms with Crippen molar-refractivity contribution >= 4 is 0 Å². The van der Waals surface area contributed by atoms with Crippen molar-refractivity contribution < 1.29 is 9.50 Å². The average molecular weight is 258 g/mol. The predicted molar refractivity (Wildman–Crippen MR) is 75.6 cm³/mol. The molecular formula is C17H19FO. The van der Waals surface area contributed by atoms with E-state index in [1.54, 1.807) is 25.1 Å². The Balaban J connectivity index is 2.13. The van der Waals surface area contributed by atoms with Gasteiger partial charge in [-0.05, 0) is 31.0 Å². The lowest BCUT2D eigenvalue weighted by atomic mass is 9.89. The first-order valence-corrected chi connectivity index (χ1v) is 6.48. The van der Waals surface area contributed by atoms with Crippen molar-refractivity contribution in [3.63, 3.8) is 0 Å². The highest BCUT2D eigenvalue weighted by molar-refractivity contribution is 5.25. The average Bonchev–Trinajstić information content (AvgIpc) is 2.31. The van der Waals surface area contributed by atoms with Crippen molar-refractivity contribution in [1.29, 1.82) is 0 Å². The van der Waals surface area contributed by atoms with Gasteiger partial charge in [0.25, 0.3) is 0 Å². The molecule has 0 amide bonds. The summed E-state index contributed by atoms with van der Waals surface area (Å²) in [6.07, 6.45) is 0.830. The quantitative estimate of drug-likeness (QED) is 0.887. The van der Waals surface area contributed by atoms with E-state index in [-0.39, 0.29) is 5.82 Å². The van der Waals surface area contributed by atoms with Crippen LogP contribution in [0.2, 0.25) is 0 Å². The number of rotatable bonds is 4. The second kappa shape index (κ2) is 5.54. The van der Waals surface area contributed by atoms with E-state index in [0.29, 0.717) is 18.4 Å². The van der Waals surface area contributed by atoms with Gasteiger partial charge in [0.05, 0.1) is 5.60 Å². The Morgan fingerprint density at radius 3 is 2.47 bits per heavy atom. The first-order valence-electron chi connectivity index (χ1n) is 6.48. The molecule has 1 unspecified atom stereocenters. The van der Waals surface area contributed by atoms with Crippen LogP contribution in [-0.4, -0.2) is 10.7 Å². The van der Waals surface area contributed by atoms with Crippen LogP contribution in [0.1, 0.15) is 23.6 Å². The molecule has 2 aromatic carbocycles. The Kier molecular flexibility index (Phi) is 4.01. The second-order valence-corrected chi connectivity index (χ2v) is 5.43. The second-order valence-electron chi connectivity index (χ2n) is 5.43. The molecule has 0 aliphatic heterocycles. The molecule has 0 aliphatic rings. The van der Waals surface area contributed by atoms with Crippen molar-refractivity contribution in [1.82, 2.24) is 0 Å². The van der Waals surface area contributed by atoms with Crippen LogP contribution >= 0.6 is 0 Å². The smallest absolute Gasteiger partial charge is 0.126 e. The van der Waals surface area contributed by atoms with Crippen molar-refractivity contribution in [2.24, 2.45) is 0 Å². The van der Waals surface area contributed by atoms with Gasteiger partial charge in [0.15, 0.2) is 0 Å². The van der Waals surface area contributed by atoms with Gasteiger partial charge in [-0.25, -0.2) is 4.39 Å². The summed E-state index contributed by atoms with van der Waals surface area (Å²) in [7, 11) is 0. The standard InChI is InChI=1S/C17H19FO/c1-13-6-5-7-14(10-13)11-17(2,19)12-15-8-3-4-9-16(15)18/h3-10,19H,11-12H2,1-2H3. The van der Waals surface area contributed by atoms with E-state index in [1.165, 1.54) is 11.6 Å². The first kappa shape index (κ1) is 13.8. The molecule has 0 bridgehead atoms. The minimum atomic E-state index is -0.948. The summed E-state index contributed by atoms with van der Waals surface area (Å²) in [5.41, 5.74) is 1.84.